The van der Waals surface area contributed by atoms with E-state index >= 15 is 0 Å². The molecule has 1 heterocycles. The number of fused-ring (bicyclic) bond motifs is 1. The molecule has 4 heteroatoms. The first-order valence-corrected chi connectivity index (χ1v) is 4.42. The molecule has 0 radical (unpaired) electrons. The van der Waals surface area contributed by atoms with E-state index in [9.17, 15) is 0 Å². The molecule has 0 amide bonds. The van der Waals surface area contributed by atoms with Gasteiger partial charge >= 0.3 is 0 Å². The number of halogens is 1. The number of rotatable bonds is 3. The van der Waals surface area contributed by atoms with E-state index in [1.165, 1.54) is 0 Å². The minimum atomic E-state index is 0. The second kappa shape index (κ2) is 4.94. The monoisotopic (exact) mass is 228 g/mol. The highest BCUT2D eigenvalue weighted by atomic mass is 35.5. The Labute approximate surface area is 95.1 Å². The van der Waals surface area contributed by atoms with Crippen LogP contribution >= 0.6 is 12.4 Å². The first-order chi connectivity index (χ1) is 6.85. The third-order valence-corrected chi connectivity index (χ3v) is 2.10. The van der Waals surface area contributed by atoms with Crippen LogP contribution in [-0.4, -0.2) is 13.9 Å². The largest absolute Gasteiger partial charge is 0.493 e. The van der Waals surface area contributed by atoms with E-state index in [-0.39, 0.29) is 19.2 Å². The Hall–Kier alpha value is -1.35. The molecule has 0 fully saturated rings. The average Bonchev–Trinajstić information content (AvgIpc) is 2.65. The lowest BCUT2D eigenvalue weighted by molar-refractivity contribution is 0.171. The zero-order chi connectivity index (χ0) is 9.97. The predicted octanol–water partition coefficient (Wildman–Crippen LogP) is 2.57. The van der Waals surface area contributed by atoms with Crippen molar-refractivity contribution in [1.82, 2.24) is 0 Å². The number of ether oxygens (including phenoxy) is 3. The van der Waals surface area contributed by atoms with Gasteiger partial charge < -0.3 is 14.2 Å². The van der Waals surface area contributed by atoms with Gasteiger partial charge in [-0.15, -0.1) is 19.0 Å². The first-order valence-electron chi connectivity index (χ1n) is 4.42. The molecule has 1 aliphatic heterocycles. The maximum absolute atomic E-state index is 5.29. The minimum absolute atomic E-state index is 0. The van der Waals surface area contributed by atoms with Gasteiger partial charge in [0, 0.05) is 0 Å². The van der Waals surface area contributed by atoms with E-state index in [1.54, 1.807) is 7.11 Å². The fourth-order valence-electron chi connectivity index (χ4n) is 1.47. The zero-order valence-corrected chi connectivity index (χ0v) is 9.30. The molecule has 0 saturated carbocycles. The molecular formula is C11H13ClO3. The van der Waals surface area contributed by atoms with Gasteiger partial charge in [0.2, 0.25) is 12.5 Å². The number of methoxy groups -OCH3 is 1. The van der Waals surface area contributed by atoms with Crippen molar-refractivity contribution in [3.05, 3.63) is 30.4 Å². The number of hydrogen-bond acceptors (Lipinski definition) is 3. The summed E-state index contributed by atoms with van der Waals surface area (Å²) in [4.78, 5) is 0. The SMILES string of the molecule is C=CCc1cc(OC)c2c(c1)OCO2.Cl. The summed E-state index contributed by atoms with van der Waals surface area (Å²) in [5.74, 6) is 2.17. The molecule has 0 aliphatic carbocycles. The van der Waals surface area contributed by atoms with Crippen LogP contribution in [0.25, 0.3) is 0 Å². The highest BCUT2D eigenvalue weighted by Crippen LogP contribution is 2.41. The topological polar surface area (TPSA) is 27.7 Å². The van der Waals surface area contributed by atoms with Gasteiger partial charge in [-0.1, -0.05) is 6.08 Å². The van der Waals surface area contributed by atoms with Crippen molar-refractivity contribution in [2.45, 2.75) is 6.42 Å². The Bertz CT molecular complexity index is 363. The molecule has 1 aromatic rings. The van der Waals surface area contributed by atoms with Crippen LogP contribution in [0, 0.1) is 0 Å². The van der Waals surface area contributed by atoms with Crippen LogP contribution in [-0.2, 0) is 6.42 Å². The summed E-state index contributed by atoms with van der Waals surface area (Å²) in [7, 11) is 1.62. The van der Waals surface area contributed by atoms with Gasteiger partial charge in [-0.2, -0.15) is 0 Å². The molecule has 82 valence electrons. The second-order valence-electron chi connectivity index (χ2n) is 3.02. The molecule has 0 atom stereocenters. The molecular weight excluding hydrogens is 216 g/mol. The van der Waals surface area contributed by atoms with E-state index in [4.69, 9.17) is 14.2 Å². The summed E-state index contributed by atoms with van der Waals surface area (Å²) < 4.78 is 15.8. The van der Waals surface area contributed by atoms with E-state index < -0.39 is 0 Å². The van der Waals surface area contributed by atoms with Crippen LogP contribution in [0.5, 0.6) is 17.2 Å². The summed E-state index contributed by atoms with van der Waals surface area (Å²) >= 11 is 0. The Morgan fingerprint density at radius 2 is 2.27 bits per heavy atom. The number of allylic oxidation sites excluding steroid dienone is 1. The zero-order valence-electron chi connectivity index (χ0n) is 8.49. The summed E-state index contributed by atoms with van der Waals surface area (Å²) in [5, 5.41) is 0. The van der Waals surface area contributed by atoms with Crippen molar-refractivity contribution in [3.8, 4) is 17.2 Å². The quantitative estimate of drug-likeness (QED) is 0.745. The van der Waals surface area contributed by atoms with Gasteiger partial charge in [-0.25, -0.2) is 0 Å². The predicted molar refractivity (Wildman–Crippen MR) is 60.3 cm³/mol. The van der Waals surface area contributed by atoms with Crippen molar-refractivity contribution in [2.24, 2.45) is 0 Å². The third kappa shape index (κ3) is 2.18. The van der Waals surface area contributed by atoms with Crippen molar-refractivity contribution in [2.75, 3.05) is 13.9 Å². The maximum atomic E-state index is 5.29. The van der Waals surface area contributed by atoms with Crippen molar-refractivity contribution in [1.29, 1.82) is 0 Å². The summed E-state index contributed by atoms with van der Waals surface area (Å²) in [6.45, 7) is 3.96. The minimum Gasteiger partial charge on any atom is -0.493 e. The lowest BCUT2D eigenvalue weighted by atomic mass is 10.1. The van der Waals surface area contributed by atoms with Crippen LogP contribution in [0.4, 0.5) is 0 Å². The Morgan fingerprint density at radius 3 is 2.93 bits per heavy atom. The van der Waals surface area contributed by atoms with Gasteiger partial charge in [-0.05, 0) is 24.1 Å². The molecule has 1 aliphatic rings. The van der Waals surface area contributed by atoms with Gasteiger partial charge in [0.15, 0.2) is 11.5 Å². The Morgan fingerprint density at radius 1 is 1.47 bits per heavy atom. The molecule has 1 aromatic carbocycles. The van der Waals surface area contributed by atoms with Crippen LogP contribution in [0.1, 0.15) is 5.56 Å². The lowest BCUT2D eigenvalue weighted by Gasteiger charge is -2.06. The van der Waals surface area contributed by atoms with Gasteiger partial charge in [0.25, 0.3) is 0 Å². The van der Waals surface area contributed by atoms with Crippen LogP contribution < -0.4 is 14.2 Å². The molecule has 0 spiro atoms. The Balaban J connectivity index is 0.00000112. The van der Waals surface area contributed by atoms with Crippen molar-refractivity contribution >= 4 is 12.4 Å². The summed E-state index contributed by atoms with van der Waals surface area (Å²) in [6, 6.07) is 3.89. The fraction of sp³-hybridized carbons (Fsp3) is 0.273. The normalized spacial score (nSPS) is 11.8. The van der Waals surface area contributed by atoms with Crippen molar-refractivity contribution in [3.63, 3.8) is 0 Å². The standard InChI is InChI=1S/C11H12O3.ClH/c1-3-4-8-5-9(12-2)11-10(6-8)13-7-14-11;/h3,5-6H,1,4,7H2,2H3;1H. The van der Waals surface area contributed by atoms with Gasteiger partial charge in [0.1, 0.15) is 0 Å². The average molecular weight is 229 g/mol. The van der Waals surface area contributed by atoms with E-state index in [1.807, 2.05) is 18.2 Å². The summed E-state index contributed by atoms with van der Waals surface area (Å²) in [6.07, 6.45) is 2.64. The van der Waals surface area contributed by atoms with Crippen LogP contribution in [0.15, 0.2) is 24.8 Å². The number of hydrogen-bond donors (Lipinski definition) is 0. The molecule has 2 rings (SSSR count). The third-order valence-electron chi connectivity index (χ3n) is 2.10. The lowest BCUT2D eigenvalue weighted by Crippen LogP contribution is -1.93. The highest BCUT2D eigenvalue weighted by Gasteiger charge is 2.19. The van der Waals surface area contributed by atoms with Gasteiger partial charge in [-0.3, -0.25) is 0 Å². The molecule has 0 bridgehead atoms. The van der Waals surface area contributed by atoms with Gasteiger partial charge in [0.05, 0.1) is 7.11 Å². The maximum Gasteiger partial charge on any atom is 0.231 e. The molecule has 0 N–H and O–H groups in total. The van der Waals surface area contributed by atoms with Crippen molar-refractivity contribution < 1.29 is 14.2 Å². The van der Waals surface area contributed by atoms with E-state index in [0.29, 0.717) is 5.75 Å². The van der Waals surface area contributed by atoms with Crippen LogP contribution in [0.2, 0.25) is 0 Å². The highest BCUT2D eigenvalue weighted by molar-refractivity contribution is 5.85. The molecule has 0 unspecified atom stereocenters. The molecule has 15 heavy (non-hydrogen) atoms. The first kappa shape index (κ1) is 11.7. The summed E-state index contributed by atoms with van der Waals surface area (Å²) in [5.41, 5.74) is 1.11. The second-order valence-corrected chi connectivity index (χ2v) is 3.02. The molecule has 3 nitrogen and oxygen atoms in total. The smallest absolute Gasteiger partial charge is 0.231 e. The molecule has 0 aromatic heterocycles. The molecule has 0 saturated heterocycles. The van der Waals surface area contributed by atoms with Crippen LogP contribution in [0.3, 0.4) is 0 Å². The van der Waals surface area contributed by atoms with E-state index in [0.717, 1.165) is 23.5 Å². The van der Waals surface area contributed by atoms with E-state index in [2.05, 4.69) is 6.58 Å². The number of benzene rings is 1. The fourth-order valence-corrected chi connectivity index (χ4v) is 1.47. The Kier molecular flexibility index (Phi) is 3.86.